The molecule has 0 aliphatic heterocycles. The number of carboxylic acid groups (broad SMARTS) is 1. The SMILES string of the molecule is O=C(O)CC(NC(=O)[C@H](NC(=O)CCCNc1ccccn1)c1ccccc1)c1ccc(-c2ccccc2)cc1. The van der Waals surface area contributed by atoms with Crippen LogP contribution in [0.5, 0.6) is 0 Å². The van der Waals surface area contributed by atoms with Gasteiger partial charge in [0.25, 0.3) is 0 Å². The highest BCUT2D eigenvalue weighted by Gasteiger charge is 2.26. The molecule has 0 aliphatic carbocycles. The van der Waals surface area contributed by atoms with E-state index in [1.807, 2.05) is 78.9 Å². The molecular weight excluding hydrogens is 504 g/mol. The number of nitrogens with one attached hydrogen (secondary N) is 3. The lowest BCUT2D eigenvalue weighted by Gasteiger charge is -2.23. The molecule has 40 heavy (non-hydrogen) atoms. The Kier molecular flexibility index (Phi) is 9.99. The molecule has 4 aromatic rings. The maximum absolute atomic E-state index is 13.5. The number of aliphatic carboxylic acids is 1. The summed E-state index contributed by atoms with van der Waals surface area (Å²) in [5.41, 5.74) is 3.29. The highest BCUT2D eigenvalue weighted by atomic mass is 16.4. The van der Waals surface area contributed by atoms with E-state index >= 15 is 0 Å². The fraction of sp³-hybridized carbons (Fsp3) is 0.188. The third-order valence-electron chi connectivity index (χ3n) is 6.37. The zero-order valence-electron chi connectivity index (χ0n) is 22.0. The molecular formula is C32H32N4O4. The number of hydrogen-bond donors (Lipinski definition) is 4. The number of anilines is 1. The second kappa shape index (κ2) is 14.2. The first-order valence-corrected chi connectivity index (χ1v) is 13.2. The van der Waals surface area contributed by atoms with Gasteiger partial charge in [-0.15, -0.1) is 0 Å². The summed E-state index contributed by atoms with van der Waals surface area (Å²) in [4.78, 5) is 42.2. The lowest BCUT2D eigenvalue weighted by atomic mass is 9.98. The predicted octanol–water partition coefficient (Wildman–Crippen LogP) is 5.13. The van der Waals surface area contributed by atoms with Gasteiger partial charge in [-0.25, -0.2) is 4.98 Å². The summed E-state index contributed by atoms with van der Waals surface area (Å²) in [6, 6.07) is 30.0. The molecule has 3 aromatic carbocycles. The Bertz CT molecular complexity index is 1380. The van der Waals surface area contributed by atoms with Gasteiger partial charge in [-0.3, -0.25) is 14.4 Å². The number of nitrogens with zero attached hydrogens (tertiary/aromatic N) is 1. The maximum atomic E-state index is 13.5. The second-order valence-corrected chi connectivity index (χ2v) is 9.30. The first-order chi connectivity index (χ1) is 19.5. The van der Waals surface area contributed by atoms with Crippen molar-refractivity contribution in [2.75, 3.05) is 11.9 Å². The van der Waals surface area contributed by atoms with Crippen LogP contribution in [-0.4, -0.2) is 34.4 Å². The monoisotopic (exact) mass is 536 g/mol. The van der Waals surface area contributed by atoms with E-state index in [1.165, 1.54) is 0 Å². The van der Waals surface area contributed by atoms with Crippen LogP contribution in [0.2, 0.25) is 0 Å². The van der Waals surface area contributed by atoms with Crippen LogP contribution in [0.25, 0.3) is 11.1 Å². The Hall–Kier alpha value is -4.98. The lowest BCUT2D eigenvalue weighted by molar-refractivity contribution is -0.138. The molecule has 4 N–H and O–H groups in total. The number of carbonyl (C=O) groups is 3. The third-order valence-corrected chi connectivity index (χ3v) is 6.37. The summed E-state index contributed by atoms with van der Waals surface area (Å²) >= 11 is 0. The highest BCUT2D eigenvalue weighted by molar-refractivity contribution is 5.89. The molecule has 2 atom stereocenters. The molecule has 8 nitrogen and oxygen atoms in total. The molecule has 4 rings (SSSR count). The summed E-state index contributed by atoms with van der Waals surface area (Å²) in [5, 5.41) is 18.4. The molecule has 0 bridgehead atoms. The van der Waals surface area contributed by atoms with Crippen LogP contribution in [0.3, 0.4) is 0 Å². The van der Waals surface area contributed by atoms with Crippen molar-refractivity contribution >= 4 is 23.6 Å². The van der Waals surface area contributed by atoms with Gasteiger partial charge in [-0.1, -0.05) is 91.0 Å². The van der Waals surface area contributed by atoms with Crippen molar-refractivity contribution in [1.29, 1.82) is 0 Å². The second-order valence-electron chi connectivity index (χ2n) is 9.30. The molecule has 204 valence electrons. The van der Waals surface area contributed by atoms with Crippen LogP contribution < -0.4 is 16.0 Å². The largest absolute Gasteiger partial charge is 0.481 e. The van der Waals surface area contributed by atoms with Crippen molar-refractivity contribution in [1.82, 2.24) is 15.6 Å². The summed E-state index contributed by atoms with van der Waals surface area (Å²) in [6.45, 7) is 0.548. The predicted molar refractivity (Wildman–Crippen MR) is 154 cm³/mol. The van der Waals surface area contributed by atoms with Gasteiger partial charge in [0.05, 0.1) is 12.5 Å². The Morgan fingerprint density at radius 3 is 2.02 bits per heavy atom. The Balaban J connectivity index is 1.43. The van der Waals surface area contributed by atoms with Crippen molar-refractivity contribution in [3.63, 3.8) is 0 Å². The van der Waals surface area contributed by atoms with Gasteiger partial charge in [0, 0.05) is 19.2 Å². The molecule has 0 radical (unpaired) electrons. The number of aromatic nitrogens is 1. The number of hydrogen-bond acceptors (Lipinski definition) is 5. The van der Waals surface area contributed by atoms with Crippen molar-refractivity contribution < 1.29 is 19.5 Å². The smallest absolute Gasteiger partial charge is 0.305 e. The topological polar surface area (TPSA) is 120 Å². The maximum Gasteiger partial charge on any atom is 0.305 e. The van der Waals surface area contributed by atoms with E-state index in [1.54, 1.807) is 30.5 Å². The highest BCUT2D eigenvalue weighted by Crippen LogP contribution is 2.24. The van der Waals surface area contributed by atoms with Gasteiger partial charge < -0.3 is 21.1 Å². The summed E-state index contributed by atoms with van der Waals surface area (Å²) in [6.07, 6.45) is 2.13. The number of amides is 2. The number of carbonyl (C=O) groups excluding carboxylic acids is 2. The zero-order chi connectivity index (χ0) is 28.2. The molecule has 0 spiro atoms. The third kappa shape index (κ3) is 8.26. The number of carboxylic acids is 1. The molecule has 1 unspecified atom stereocenters. The van der Waals surface area contributed by atoms with Gasteiger partial charge in [-0.05, 0) is 40.8 Å². The van der Waals surface area contributed by atoms with Crippen molar-refractivity contribution in [2.45, 2.75) is 31.3 Å². The minimum absolute atomic E-state index is 0.204. The number of benzene rings is 3. The first kappa shape index (κ1) is 28.0. The first-order valence-electron chi connectivity index (χ1n) is 13.2. The van der Waals surface area contributed by atoms with E-state index in [9.17, 15) is 19.5 Å². The molecule has 1 aromatic heterocycles. The number of pyridine rings is 1. The standard InChI is InChI=1S/C32H32N4O4/c37-29(15-9-21-34-28-14-7-8-20-33-28)36-31(26-12-5-2-6-13-26)32(40)35-27(22-30(38)39)25-18-16-24(17-19-25)23-10-3-1-4-11-23/h1-8,10-14,16-20,27,31H,9,15,21-22H2,(H,33,34)(H,35,40)(H,36,37)(H,38,39)/t27?,31-/m1/s1. The van der Waals surface area contributed by atoms with E-state index in [-0.39, 0.29) is 18.7 Å². The van der Waals surface area contributed by atoms with E-state index in [0.29, 0.717) is 24.1 Å². The lowest BCUT2D eigenvalue weighted by Crippen LogP contribution is -2.42. The Labute approximate surface area is 233 Å². The molecule has 0 saturated heterocycles. The summed E-state index contributed by atoms with van der Waals surface area (Å²) < 4.78 is 0. The van der Waals surface area contributed by atoms with Crippen LogP contribution in [0, 0.1) is 0 Å². The van der Waals surface area contributed by atoms with Gasteiger partial charge in [0.1, 0.15) is 11.9 Å². The Morgan fingerprint density at radius 2 is 1.38 bits per heavy atom. The van der Waals surface area contributed by atoms with E-state index in [0.717, 1.165) is 16.9 Å². The van der Waals surface area contributed by atoms with Crippen LogP contribution in [-0.2, 0) is 14.4 Å². The average Bonchev–Trinajstić information content (AvgIpc) is 2.99. The van der Waals surface area contributed by atoms with Crippen molar-refractivity contribution in [2.24, 2.45) is 0 Å². The minimum atomic E-state index is -1.04. The quantitative estimate of drug-likeness (QED) is 0.176. The number of rotatable bonds is 13. The van der Waals surface area contributed by atoms with Crippen LogP contribution in [0.4, 0.5) is 5.82 Å². The summed E-state index contributed by atoms with van der Waals surface area (Å²) in [5.74, 6) is -1.08. The fourth-order valence-corrected chi connectivity index (χ4v) is 4.33. The molecule has 8 heteroatoms. The molecule has 0 saturated carbocycles. The van der Waals surface area contributed by atoms with Gasteiger partial charge in [-0.2, -0.15) is 0 Å². The minimum Gasteiger partial charge on any atom is -0.481 e. The van der Waals surface area contributed by atoms with Crippen LogP contribution >= 0.6 is 0 Å². The van der Waals surface area contributed by atoms with Crippen molar-refractivity contribution in [3.8, 4) is 11.1 Å². The Morgan fingerprint density at radius 1 is 0.725 bits per heavy atom. The fourth-order valence-electron chi connectivity index (χ4n) is 4.33. The van der Waals surface area contributed by atoms with E-state index < -0.39 is 24.0 Å². The normalized spacial score (nSPS) is 12.1. The molecule has 2 amide bonds. The van der Waals surface area contributed by atoms with Gasteiger partial charge in [0.2, 0.25) is 11.8 Å². The molecule has 1 heterocycles. The van der Waals surface area contributed by atoms with Crippen LogP contribution in [0.1, 0.15) is 42.5 Å². The average molecular weight is 537 g/mol. The zero-order valence-corrected chi connectivity index (χ0v) is 22.0. The summed E-state index contributed by atoms with van der Waals surface area (Å²) in [7, 11) is 0. The van der Waals surface area contributed by atoms with E-state index in [4.69, 9.17) is 0 Å². The van der Waals surface area contributed by atoms with E-state index in [2.05, 4.69) is 20.9 Å². The van der Waals surface area contributed by atoms with Gasteiger partial charge >= 0.3 is 5.97 Å². The van der Waals surface area contributed by atoms with Crippen LogP contribution in [0.15, 0.2) is 109 Å². The van der Waals surface area contributed by atoms with Crippen molar-refractivity contribution in [3.05, 3.63) is 120 Å². The van der Waals surface area contributed by atoms with Gasteiger partial charge in [0.15, 0.2) is 0 Å². The molecule has 0 fully saturated rings. The molecule has 0 aliphatic rings.